The summed E-state index contributed by atoms with van der Waals surface area (Å²) in [4.78, 5) is 44.2. The number of nitrogens with one attached hydrogen (secondary N) is 1. The molecule has 0 bridgehead atoms. The van der Waals surface area contributed by atoms with Crippen molar-refractivity contribution >= 4 is 58.8 Å². The van der Waals surface area contributed by atoms with Crippen molar-refractivity contribution in [1.82, 2.24) is 4.98 Å². The number of aromatic amines is 1. The Morgan fingerprint density at radius 3 is 2.58 bits per heavy atom. The van der Waals surface area contributed by atoms with Crippen LogP contribution in [0.1, 0.15) is 33.6 Å². The van der Waals surface area contributed by atoms with Crippen molar-refractivity contribution in [3.63, 3.8) is 0 Å². The largest absolute Gasteiger partial charge is 0.508 e. The number of phenolic OH excluding ortho intramolecular Hbond substituents is 1. The van der Waals surface area contributed by atoms with Gasteiger partial charge in [-0.2, -0.15) is 0 Å². The number of anilines is 1. The quantitative estimate of drug-likeness (QED) is 0.311. The van der Waals surface area contributed by atoms with E-state index in [0.29, 0.717) is 20.8 Å². The number of nitrogens with zero attached hydrogens (tertiary/aromatic N) is 1. The van der Waals surface area contributed by atoms with Crippen LogP contribution in [0.3, 0.4) is 0 Å². The zero-order chi connectivity index (χ0) is 23.3. The zero-order valence-electron chi connectivity index (χ0n) is 17.3. The Kier molecular flexibility index (Phi) is 5.59. The van der Waals surface area contributed by atoms with Crippen LogP contribution in [0.4, 0.5) is 5.69 Å². The van der Waals surface area contributed by atoms with Crippen molar-refractivity contribution in [2.24, 2.45) is 5.92 Å². The summed E-state index contributed by atoms with van der Waals surface area (Å²) in [6.45, 7) is 1.98. The fraction of sp³-hybridized carbons (Fsp3) is 0.217. The van der Waals surface area contributed by atoms with Crippen LogP contribution < -0.4 is 4.90 Å². The predicted octanol–water partition coefficient (Wildman–Crippen LogP) is 4.48. The zero-order valence-corrected chi connectivity index (χ0v) is 19.8. The molecule has 33 heavy (non-hydrogen) atoms. The van der Waals surface area contributed by atoms with E-state index in [1.165, 1.54) is 40.1 Å². The van der Waals surface area contributed by atoms with E-state index in [1.807, 2.05) is 0 Å². The molecule has 2 aliphatic heterocycles. The van der Waals surface area contributed by atoms with Gasteiger partial charge in [-0.15, -0.1) is 11.3 Å². The molecule has 0 saturated carbocycles. The first-order valence-electron chi connectivity index (χ1n) is 10.2. The monoisotopic (exact) mass is 498 g/mol. The van der Waals surface area contributed by atoms with E-state index in [9.17, 15) is 19.5 Å². The van der Waals surface area contributed by atoms with E-state index in [4.69, 9.17) is 17.0 Å². The van der Waals surface area contributed by atoms with Crippen molar-refractivity contribution in [1.29, 1.82) is 0 Å². The second-order valence-corrected chi connectivity index (χ2v) is 10.5. The molecule has 7 nitrogen and oxygen atoms in total. The lowest BCUT2D eigenvalue weighted by molar-refractivity contribution is -0.122. The molecule has 1 fully saturated rings. The van der Waals surface area contributed by atoms with E-state index in [0.717, 1.165) is 9.90 Å². The van der Waals surface area contributed by atoms with Crippen LogP contribution in [0, 0.1) is 9.87 Å². The van der Waals surface area contributed by atoms with E-state index in [-0.39, 0.29) is 24.2 Å². The lowest BCUT2D eigenvalue weighted by Gasteiger charge is -2.30. The van der Waals surface area contributed by atoms with Crippen LogP contribution in [-0.2, 0) is 14.3 Å². The lowest BCUT2D eigenvalue weighted by Crippen LogP contribution is -2.32. The highest BCUT2D eigenvalue weighted by Crippen LogP contribution is 2.55. The Morgan fingerprint density at radius 1 is 1.15 bits per heavy atom. The number of thiazole rings is 1. The molecule has 0 radical (unpaired) electrons. The Morgan fingerprint density at radius 2 is 1.88 bits per heavy atom. The first kappa shape index (κ1) is 21.9. The number of thioether (sulfide) groups is 1. The third kappa shape index (κ3) is 3.58. The number of hydrogen-bond donors (Lipinski definition) is 2. The van der Waals surface area contributed by atoms with Gasteiger partial charge in [0.25, 0.3) is 0 Å². The molecule has 5 rings (SSSR count). The van der Waals surface area contributed by atoms with Crippen molar-refractivity contribution in [3.8, 4) is 5.75 Å². The van der Waals surface area contributed by atoms with Crippen molar-refractivity contribution < 1.29 is 24.2 Å². The minimum Gasteiger partial charge on any atom is -0.508 e. The van der Waals surface area contributed by atoms with E-state index < -0.39 is 23.1 Å². The van der Waals surface area contributed by atoms with Crippen molar-refractivity contribution in [2.75, 3.05) is 11.5 Å². The average Bonchev–Trinajstić information content (AvgIpc) is 3.29. The van der Waals surface area contributed by atoms with Crippen LogP contribution in [0.15, 0.2) is 53.6 Å². The van der Waals surface area contributed by atoms with Gasteiger partial charge >= 0.3 is 5.97 Å². The third-order valence-corrected chi connectivity index (χ3v) is 8.49. The number of ether oxygens (including phenoxy) is 1. The summed E-state index contributed by atoms with van der Waals surface area (Å²) in [5.41, 5.74) is 1.31. The van der Waals surface area contributed by atoms with Gasteiger partial charge in [-0.1, -0.05) is 30.0 Å². The number of aromatic nitrogens is 1. The second kappa shape index (κ2) is 8.44. The molecule has 1 saturated heterocycles. The molecule has 2 aromatic carbocycles. The minimum absolute atomic E-state index is 0.0657. The molecule has 1 aromatic heterocycles. The highest BCUT2D eigenvalue weighted by molar-refractivity contribution is 8.01. The number of esters is 1. The van der Waals surface area contributed by atoms with Gasteiger partial charge in [0.15, 0.2) is 3.95 Å². The molecule has 3 aromatic rings. The molecule has 168 valence electrons. The number of benzene rings is 2. The van der Waals surface area contributed by atoms with Gasteiger partial charge in [-0.3, -0.25) is 9.59 Å². The standard InChI is InChI=1S/C23H18N2O5S3/c1-2-30-22(29)11-7-9-12(10-8-11)25-20(27)16-15(13-5-3-4-6-14(13)26)17-19(24-23(31)33-17)32-18(16)21(25)28/h3-10,15-16,18,26H,2H2,1H3,(H,24,31). The van der Waals surface area contributed by atoms with Gasteiger partial charge in [0.05, 0.1) is 28.8 Å². The summed E-state index contributed by atoms with van der Waals surface area (Å²) in [5, 5.41) is 10.7. The maximum Gasteiger partial charge on any atom is 0.338 e. The molecule has 0 aliphatic carbocycles. The fourth-order valence-corrected chi connectivity index (χ4v) is 7.27. The number of para-hydroxylation sites is 1. The minimum atomic E-state index is -0.700. The number of fused-ring (bicyclic) bond motifs is 2. The molecule has 3 atom stereocenters. The first-order chi connectivity index (χ1) is 15.9. The van der Waals surface area contributed by atoms with Gasteiger partial charge < -0.3 is 14.8 Å². The highest BCUT2D eigenvalue weighted by atomic mass is 32.2. The maximum atomic E-state index is 13.7. The maximum absolute atomic E-state index is 13.7. The number of phenols is 1. The summed E-state index contributed by atoms with van der Waals surface area (Å²) < 4.78 is 5.55. The molecule has 10 heteroatoms. The van der Waals surface area contributed by atoms with Gasteiger partial charge in [0.1, 0.15) is 11.0 Å². The highest BCUT2D eigenvalue weighted by Gasteiger charge is 2.56. The molecule has 2 amide bonds. The SMILES string of the molecule is CCOC(=O)c1ccc(N2C(=O)C3Sc4[nH]c(=S)sc4C(c4ccccc4O)C3C2=O)cc1. The number of hydrogen-bond acceptors (Lipinski definition) is 8. The molecular weight excluding hydrogens is 480 g/mol. The predicted molar refractivity (Wildman–Crippen MR) is 127 cm³/mol. The lowest BCUT2D eigenvalue weighted by atomic mass is 9.82. The molecule has 0 spiro atoms. The van der Waals surface area contributed by atoms with E-state index in [1.54, 1.807) is 43.3 Å². The van der Waals surface area contributed by atoms with Gasteiger partial charge in [-0.05, 0) is 49.5 Å². The van der Waals surface area contributed by atoms with E-state index in [2.05, 4.69) is 4.98 Å². The summed E-state index contributed by atoms with van der Waals surface area (Å²) in [7, 11) is 0. The summed E-state index contributed by atoms with van der Waals surface area (Å²) in [6, 6.07) is 13.1. The second-order valence-electron chi connectivity index (χ2n) is 7.59. The molecule has 3 unspecified atom stereocenters. The van der Waals surface area contributed by atoms with Crippen LogP contribution in [0.2, 0.25) is 0 Å². The summed E-state index contributed by atoms with van der Waals surface area (Å²) in [6.07, 6.45) is 0. The average molecular weight is 499 g/mol. The van der Waals surface area contributed by atoms with Crippen molar-refractivity contribution in [2.45, 2.75) is 23.1 Å². The van der Waals surface area contributed by atoms with Gasteiger partial charge in [0, 0.05) is 16.4 Å². The van der Waals surface area contributed by atoms with Gasteiger partial charge in [-0.25, -0.2) is 9.69 Å². The van der Waals surface area contributed by atoms with Crippen LogP contribution in [0.5, 0.6) is 5.75 Å². The third-order valence-electron chi connectivity index (χ3n) is 5.73. The Balaban J connectivity index is 1.56. The Labute approximate surface area is 202 Å². The molecular formula is C23H18N2O5S3. The normalized spacial score (nSPS) is 21.6. The Hall–Kier alpha value is -2.95. The molecule has 2 aliphatic rings. The first-order valence-corrected chi connectivity index (χ1v) is 12.3. The number of rotatable bonds is 4. The topological polar surface area (TPSA) is 99.7 Å². The number of carbonyl (C=O) groups excluding carboxylic acids is 3. The number of aromatic hydroxyl groups is 1. The summed E-state index contributed by atoms with van der Waals surface area (Å²) >= 11 is 7.98. The fourth-order valence-electron chi connectivity index (χ4n) is 4.32. The van der Waals surface area contributed by atoms with Crippen molar-refractivity contribution in [3.05, 3.63) is 68.5 Å². The smallest absolute Gasteiger partial charge is 0.338 e. The van der Waals surface area contributed by atoms with Crippen LogP contribution in [0.25, 0.3) is 0 Å². The Bertz CT molecular complexity index is 1330. The molecule has 3 heterocycles. The number of imide groups is 1. The number of H-pyrrole nitrogens is 1. The van der Waals surface area contributed by atoms with Crippen LogP contribution >= 0.6 is 35.3 Å². The number of carbonyl (C=O) groups is 3. The molecule has 2 N–H and O–H groups in total. The number of amides is 2. The summed E-state index contributed by atoms with van der Waals surface area (Å²) in [5.74, 6) is -2.29. The van der Waals surface area contributed by atoms with Gasteiger partial charge in [0.2, 0.25) is 11.8 Å². The van der Waals surface area contributed by atoms with E-state index >= 15 is 0 Å². The van der Waals surface area contributed by atoms with Crippen LogP contribution in [-0.4, -0.2) is 39.7 Å².